The van der Waals surface area contributed by atoms with Gasteiger partial charge in [0, 0.05) is 25.4 Å². The minimum Gasteiger partial charge on any atom is -0.449 e. The molecule has 2 unspecified atom stereocenters. The van der Waals surface area contributed by atoms with Gasteiger partial charge in [-0.15, -0.1) is 0 Å². The molecule has 9 nitrogen and oxygen atoms in total. The number of hydrogen-bond donors (Lipinski definition) is 1. The lowest BCUT2D eigenvalue weighted by Gasteiger charge is -2.25. The van der Waals surface area contributed by atoms with Crippen LogP contribution in [0.5, 0.6) is 0 Å². The van der Waals surface area contributed by atoms with Crippen molar-refractivity contribution >= 4 is 27.6 Å². The quantitative estimate of drug-likeness (QED) is 0.513. The molecule has 34 heavy (non-hydrogen) atoms. The summed E-state index contributed by atoms with van der Waals surface area (Å²) in [6.45, 7) is 2.43. The van der Waals surface area contributed by atoms with Gasteiger partial charge in [-0.3, -0.25) is 4.79 Å². The van der Waals surface area contributed by atoms with E-state index in [0.29, 0.717) is 12.3 Å². The van der Waals surface area contributed by atoms with Crippen LogP contribution in [-0.4, -0.2) is 52.2 Å². The Balaban J connectivity index is 1.62. The average Bonchev–Trinajstić information content (AvgIpc) is 3.37. The number of nitriles is 1. The minimum atomic E-state index is -3.75. The third-order valence-electron chi connectivity index (χ3n) is 5.34. The van der Waals surface area contributed by atoms with Gasteiger partial charge in [0.1, 0.15) is 0 Å². The first kappa shape index (κ1) is 25.4. The van der Waals surface area contributed by atoms with Gasteiger partial charge in [0.05, 0.1) is 29.1 Å². The van der Waals surface area contributed by atoms with E-state index in [1.54, 1.807) is 24.3 Å². The van der Waals surface area contributed by atoms with E-state index >= 15 is 0 Å². The van der Waals surface area contributed by atoms with Crippen molar-refractivity contribution in [1.82, 2.24) is 4.72 Å². The summed E-state index contributed by atoms with van der Waals surface area (Å²) in [5.41, 5.74) is 0.705. The normalized spacial score (nSPS) is 16.4. The molecule has 0 radical (unpaired) electrons. The molecule has 180 valence electrons. The number of carbonyl (C=O) groups is 2. The molecule has 2 atom stereocenters. The van der Waals surface area contributed by atoms with Crippen LogP contribution in [0.4, 0.5) is 5.69 Å². The molecule has 1 aliphatic heterocycles. The van der Waals surface area contributed by atoms with E-state index in [1.807, 2.05) is 12.1 Å². The maximum absolute atomic E-state index is 12.9. The number of carbonyl (C=O) groups excluding carboxylic acids is 2. The van der Waals surface area contributed by atoms with Crippen molar-refractivity contribution in [2.75, 3.05) is 24.6 Å². The Morgan fingerprint density at radius 2 is 1.91 bits per heavy atom. The zero-order valence-electron chi connectivity index (χ0n) is 18.8. The Kier molecular flexibility index (Phi) is 8.76. The molecule has 2 aromatic carbocycles. The minimum absolute atomic E-state index is 0.0120. The van der Waals surface area contributed by atoms with Gasteiger partial charge in [-0.25, -0.2) is 17.9 Å². The number of esters is 1. The number of sulfonamides is 1. The van der Waals surface area contributed by atoms with Crippen molar-refractivity contribution in [3.8, 4) is 6.07 Å². The maximum atomic E-state index is 12.9. The number of nitrogens with one attached hydrogen (secondary N) is 1. The number of benzene rings is 2. The highest BCUT2D eigenvalue weighted by Crippen LogP contribution is 2.18. The molecule has 10 heteroatoms. The van der Waals surface area contributed by atoms with Crippen molar-refractivity contribution in [3.05, 3.63) is 60.2 Å². The van der Waals surface area contributed by atoms with E-state index in [1.165, 1.54) is 36.1 Å². The fourth-order valence-electron chi connectivity index (χ4n) is 3.50. The molecule has 1 N–H and O–H groups in total. The zero-order valence-corrected chi connectivity index (χ0v) is 19.7. The predicted molar refractivity (Wildman–Crippen MR) is 125 cm³/mol. The van der Waals surface area contributed by atoms with Crippen LogP contribution in [0, 0.1) is 11.3 Å². The highest BCUT2D eigenvalue weighted by Gasteiger charge is 2.26. The Morgan fingerprint density at radius 3 is 2.53 bits per heavy atom. The number of rotatable bonds is 10. The highest BCUT2D eigenvalue weighted by atomic mass is 32.2. The standard InChI is InChI=1S/C24H27N3O6S/c1-18(23(28)27(15-6-14-25)20-7-3-2-4-8-20)33-24(29)19-10-12-22(13-11-19)34(30,31)26-17-21-9-5-16-32-21/h2-4,7-8,10-13,18,21,26H,5-6,9,15-17H2,1H3. The number of nitrogens with zero attached hydrogens (tertiary/aromatic N) is 2. The number of ether oxygens (including phenoxy) is 2. The van der Waals surface area contributed by atoms with Crippen molar-refractivity contribution in [2.45, 2.75) is 43.3 Å². The van der Waals surface area contributed by atoms with Crippen LogP contribution in [0.1, 0.15) is 36.5 Å². The molecule has 1 saturated heterocycles. The van der Waals surface area contributed by atoms with Crippen LogP contribution in [-0.2, 0) is 24.3 Å². The molecule has 0 aliphatic carbocycles. The van der Waals surface area contributed by atoms with Crippen LogP contribution in [0.2, 0.25) is 0 Å². The summed E-state index contributed by atoms with van der Waals surface area (Å²) in [7, 11) is -3.75. The lowest BCUT2D eigenvalue weighted by Crippen LogP contribution is -2.40. The number of hydrogen-bond acceptors (Lipinski definition) is 7. The van der Waals surface area contributed by atoms with E-state index in [9.17, 15) is 18.0 Å². The lowest BCUT2D eigenvalue weighted by atomic mass is 10.2. The molecule has 1 amide bonds. The number of para-hydroxylation sites is 1. The van der Waals surface area contributed by atoms with Crippen LogP contribution in [0.15, 0.2) is 59.5 Å². The summed E-state index contributed by atoms with van der Waals surface area (Å²) in [6, 6.07) is 16.1. The van der Waals surface area contributed by atoms with Gasteiger partial charge in [0.2, 0.25) is 10.0 Å². The van der Waals surface area contributed by atoms with Crippen LogP contribution >= 0.6 is 0 Å². The van der Waals surface area contributed by atoms with Gasteiger partial charge in [-0.05, 0) is 56.2 Å². The lowest BCUT2D eigenvalue weighted by molar-refractivity contribution is -0.126. The SMILES string of the molecule is CC(OC(=O)c1ccc(S(=O)(=O)NCC2CCCO2)cc1)C(=O)N(CCC#N)c1ccccc1. The predicted octanol–water partition coefficient (Wildman–Crippen LogP) is 2.64. The summed E-state index contributed by atoms with van der Waals surface area (Å²) in [4.78, 5) is 26.9. The van der Waals surface area contributed by atoms with Gasteiger partial charge in [0.25, 0.3) is 5.91 Å². The third kappa shape index (κ3) is 6.63. The van der Waals surface area contributed by atoms with E-state index in [2.05, 4.69) is 4.72 Å². The molecule has 0 spiro atoms. The van der Waals surface area contributed by atoms with Gasteiger partial charge < -0.3 is 14.4 Å². The summed E-state index contributed by atoms with van der Waals surface area (Å²) >= 11 is 0. The molecular weight excluding hydrogens is 458 g/mol. The molecule has 0 bridgehead atoms. The number of amides is 1. The fraction of sp³-hybridized carbons (Fsp3) is 0.375. The Hall–Kier alpha value is -3.26. The van der Waals surface area contributed by atoms with E-state index in [0.717, 1.165) is 12.8 Å². The van der Waals surface area contributed by atoms with Gasteiger partial charge in [-0.1, -0.05) is 18.2 Å². The molecule has 2 aromatic rings. The molecule has 1 aliphatic rings. The van der Waals surface area contributed by atoms with Crippen molar-refractivity contribution in [1.29, 1.82) is 5.26 Å². The van der Waals surface area contributed by atoms with Crippen LogP contribution < -0.4 is 9.62 Å². The second-order valence-corrected chi connectivity index (χ2v) is 9.56. The molecule has 0 aromatic heterocycles. The van der Waals surface area contributed by atoms with Gasteiger partial charge in [-0.2, -0.15) is 5.26 Å². The van der Waals surface area contributed by atoms with Crippen molar-refractivity contribution in [2.24, 2.45) is 0 Å². The summed E-state index contributed by atoms with van der Waals surface area (Å²) in [5, 5.41) is 8.92. The summed E-state index contributed by atoms with van der Waals surface area (Å²) in [5.74, 6) is -1.22. The molecule has 3 rings (SSSR count). The van der Waals surface area contributed by atoms with Gasteiger partial charge >= 0.3 is 5.97 Å². The first-order valence-corrected chi connectivity index (χ1v) is 12.5. The largest absolute Gasteiger partial charge is 0.449 e. The third-order valence-corrected chi connectivity index (χ3v) is 6.78. The highest BCUT2D eigenvalue weighted by molar-refractivity contribution is 7.89. The zero-order chi connectivity index (χ0) is 24.6. The summed E-state index contributed by atoms with van der Waals surface area (Å²) < 4.78 is 38.2. The van der Waals surface area contributed by atoms with E-state index < -0.39 is 28.0 Å². The molecular formula is C24H27N3O6S. The van der Waals surface area contributed by atoms with Crippen LogP contribution in [0.3, 0.4) is 0 Å². The first-order valence-electron chi connectivity index (χ1n) is 11.0. The van der Waals surface area contributed by atoms with Gasteiger partial charge in [0.15, 0.2) is 6.10 Å². The van der Waals surface area contributed by atoms with E-state index in [-0.39, 0.29) is 36.1 Å². The Morgan fingerprint density at radius 1 is 1.21 bits per heavy atom. The van der Waals surface area contributed by atoms with Crippen molar-refractivity contribution < 1.29 is 27.5 Å². The average molecular weight is 486 g/mol. The Labute approximate surface area is 199 Å². The maximum Gasteiger partial charge on any atom is 0.338 e. The fourth-order valence-corrected chi connectivity index (χ4v) is 4.56. The topological polar surface area (TPSA) is 126 Å². The molecule has 0 saturated carbocycles. The van der Waals surface area contributed by atoms with Crippen molar-refractivity contribution in [3.63, 3.8) is 0 Å². The second kappa shape index (κ2) is 11.7. The summed E-state index contributed by atoms with van der Waals surface area (Å²) in [6.07, 6.45) is 0.598. The monoisotopic (exact) mass is 485 g/mol. The smallest absolute Gasteiger partial charge is 0.338 e. The second-order valence-electron chi connectivity index (χ2n) is 7.79. The number of anilines is 1. The van der Waals surface area contributed by atoms with E-state index in [4.69, 9.17) is 14.7 Å². The van der Waals surface area contributed by atoms with Crippen LogP contribution in [0.25, 0.3) is 0 Å². The molecule has 1 heterocycles. The first-order chi connectivity index (χ1) is 16.3. The molecule has 1 fully saturated rings. The Bertz CT molecular complexity index is 1120.